The van der Waals surface area contributed by atoms with E-state index in [1.165, 1.54) is 0 Å². The summed E-state index contributed by atoms with van der Waals surface area (Å²) < 4.78 is 12.7. The van der Waals surface area contributed by atoms with Crippen molar-refractivity contribution in [3.63, 3.8) is 0 Å². The highest BCUT2D eigenvalue weighted by molar-refractivity contribution is 9.10. The van der Waals surface area contributed by atoms with Gasteiger partial charge in [-0.3, -0.25) is 5.43 Å². The SMILES string of the molecule is CCOc1cc(C=NNc2ccc(Cl)cc2)ccc1OCc1ccc(Br)cc1. The highest BCUT2D eigenvalue weighted by Crippen LogP contribution is 2.29. The molecule has 0 saturated heterocycles. The van der Waals surface area contributed by atoms with E-state index >= 15 is 0 Å². The van der Waals surface area contributed by atoms with Crippen molar-refractivity contribution in [3.05, 3.63) is 87.4 Å². The van der Waals surface area contributed by atoms with Gasteiger partial charge < -0.3 is 9.47 Å². The van der Waals surface area contributed by atoms with Gasteiger partial charge in [0.05, 0.1) is 18.5 Å². The minimum absolute atomic E-state index is 0.471. The Morgan fingerprint density at radius 1 is 0.964 bits per heavy atom. The first kappa shape index (κ1) is 20.2. The topological polar surface area (TPSA) is 42.8 Å². The Kier molecular flexibility index (Phi) is 7.34. The molecule has 0 radical (unpaired) electrons. The number of nitrogens with zero attached hydrogens (tertiary/aromatic N) is 1. The summed E-state index contributed by atoms with van der Waals surface area (Å²) in [5, 5.41) is 4.94. The summed E-state index contributed by atoms with van der Waals surface area (Å²) in [4.78, 5) is 0. The predicted octanol–water partition coefficient (Wildman–Crippen LogP) is 6.53. The minimum atomic E-state index is 0.471. The molecule has 0 fully saturated rings. The van der Waals surface area contributed by atoms with E-state index in [2.05, 4.69) is 26.5 Å². The minimum Gasteiger partial charge on any atom is -0.490 e. The zero-order chi connectivity index (χ0) is 19.8. The first-order valence-corrected chi connectivity index (χ1v) is 10.00. The Hall–Kier alpha value is -2.50. The lowest BCUT2D eigenvalue weighted by molar-refractivity contribution is 0.269. The van der Waals surface area contributed by atoms with Crippen LogP contribution in [0.4, 0.5) is 5.69 Å². The van der Waals surface area contributed by atoms with Crippen LogP contribution in [0.3, 0.4) is 0 Å². The van der Waals surface area contributed by atoms with E-state index in [1.54, 1.807) is 6.21 Å². The lowest BCUT2D eigenvalue weighted by Crippen LogP contribution is -2.00. The molecule has 0 aliphatic rings. The fourth-order valence-corrected chi connectivity index (χ4v) is 2.83. The zero-order valence-corrected chi connectivity index (χ0v) is 17.7. The van der Waals surface area contributed by atoms with Gasteiger partial charge in [-0.15, -0.1) is 0 Å². The molecule has 0 saturated carbocycles. The van der Waals surface area contributed by atoms with E-state index < -0.39 is 0 Å². The molecule has 0 aliphatic carbocycles. The van der Waals surface area contributed by atoms with Gasteiger partial charge in [0.2, 0.25) is 0 Å². The van der Waals surface area contributed by atoms with E-state index in [0.29, 0.717) is 29.7 Å². The molecule has 0 atom stereocenters. The van der Waals surface area contributed by atoms with E-state index in [9.17, 15) is 0 Å². The van der Waals surface area contributed by atoms with Crippen molar-refractivity contribution in [3.8, 4) is 11.5 Å². The molecule has 3 rings (SSSR count). The van der Waals surface area contributed by atoms with E-state index in [0.717, 1.165) is 21.3 Å². The van der Waals surface area contributed by atoms with Gasteiger partial charge in [0.15, 0.2) is 11.5 Å². The van der Waals surface area contributed by atoms with Crippen molar-refractivity contribution in [1.82, 2.24) is 0 Å². The summed E-state index contributed by atoms with van der Waals surface area (Å²) >= 11 is 9.32. The van der Waals surface area contributed by atoms with Crippen molar-refractivity contribution in [1.29, 1.82) is 0 Å². The summed E-state index contributed by atoms with van der Waals surface area (Å²) in [5.41, 5.74) is 5.82. The molecule has 3 aromatic rings. The Labute approximate surface area is 178 Å². The molecular formula is C22H20BrClN2O2. The van der Waals surface area contributed by atoms with Crippen LogP contribution in [0, 0.1) is 0 Å². The Morgan fingerprint density at radius 3 is 2.43 bits per heavy atom. The summed E-state index contributed by atoms with van der Waals surface area (Å²) in [6.07, 6.45) is 1.73. The summed E-state index contributed by atoms with van der Waals surface area (Å²) in [5.74, 6) is 1.39. The first-order chi connectivity index (χ1) is 13.6. The van der Waals surface area contributed by atoms with Gasteiger partial charge in [0, 0.05) is 9.50 Å². The zero-order valence-electron chi connectivity index (χ0n) is 15.4. The molecular weight excluding hydrogens is 440 g/mol. The second kappa shape index (κ2) is 10.2. The summed E-state index contributed by atoms with van der Waals surface area (Å²) in [6, 6.07) is 21.1. The summed E-state index contributed by atoms with van der Waals surface area (Å²) in [6.45, 7) is 2.97. The van der Waals surface area contributed by atoms with Crippen LogP contribution in [0.5, 0.6) is 11.5 Å². The van der Waals surface area contributed by atoms with E-state index in [1.807, 2.05) is 73.7 Å². The number of benzene rings is 3. The number of hydrogen-bond donors (Lipinski definition) is 1. The second-order valence-corrected chi connectivity index (χ2v) is 7.28. The third-order valence-electron chi connectivity index (χ3n) is 3.83. The third kappa shape index (κ3) is 6.01. The van der Waals surface area contributed by atoms with Gasteiger partial charge in [0.25, 0.3) is 0 Å². The van der Waals surface area contributed by atoms with Gasteiger partial charge in [-0.2, -0.15) is 5.10 Å². The fraction of sp³-hybridized carbons (Fsp3) is 0.136. The summed E-state index contributed by atoms with van der Waals surface area (Å²) in [7, 11) is 0. The van der Waals surface area contributed by atoms with Crippen LogP contribution < -0.4 is 14.9 Å². The third-order valence-corrected chi connectivity index (χ3v) is 4.61. The van der Waals surface area contributed by atoms with E-state index in [-0.39, 0.29) is 0 Å². The number of anilines is 1. The first-order valence-electron chi connectivity index (χ1n) is 8.83. The van der Waals surface area contributed by atoms with Gasteiger partial charge in [-0.1, -0.05) is 39.7 Å². The molecule has 6 heteroatoms. The monoisotopic (exact) mass is 458 g/mol. The Morgan fingerprint density at radius 2 is 1.71 bits per heavy atom. The van der Waals surface area contributed by atoms with Crippen molar-refractivity contribution < 1.29 is 9.47 Å². The average molecular weight is 460 g/mol. The number of hydrogen-bond acceptors (Lipinski definition) is 4. The quantitative estimate of drug-likeness (QED) is 0.308. The number of halogens is 2. The normalized spacial score (nSPS) is 10.8. The van der Waals surface area contributed by atoms with Crippen LogP contribution in [0.2, 0.25) is 5.02 Å². The highest BCUT2D eigenvalue weighted by atomic mass is 79.9. The Bertz CT molecular complexity index is 928. The Balaban J connectivity index is 1.66. The molecule has 144 valence electrons. The number of ether oxygens (including phenoxy) is 2. The standard InChI is InChI=1S/C22H20BrClN2O2/c1-2-27-22-13-17(14-25-26-20-10-8-19(24)9-11-20)5-12-21(22)28-15-16-3-6-18(23)7-4-16/h3-14,26H,2,15H2,1H3. The largest absolute Gasteiger partial charge is 0.490 e. The lowest BCUT2D eigenvalue weighted by atomic mass is 10.2. The number of hydrazone groups is 1. The van der Waals surface area contributed by atoms with Crippen LogP contribution in [-0.4, -0.2) is 12.8 Å². The molecule has 0 heterocycles. The highest BCUT2D eigenvalue weighted by Gasteiger charge is 2.06. The van der Waals surface area contributed by atoms with Crippen molar-refractivity contribution in [2.75, 3.05) is 12.0 Å². The van der Waals surface area contributed by atoms with Crippen LogP contribution in [0.25, 0.3) is 0 Å². The molecule has 0 aliphatic heterocycles. The van der Waals surface area contributed by atoms with Crippen molar-refractivity contribution >= 4 is 39.4 Å². The number of rotatable bonds is 8. The fourth-order valence-electron chi connectivity index (χ4n) is 2.44. The molecule has 0 amide bonds. The molecule has 3 aromatic carbocycles. The molecule has 0 aromatic heterocycles. The van der Waals surface area contributed by atoms with Crippen molar-refractivity contribution in [2.24, 2.45) is 5.10 Å². The molecule has 0 bridgehead atoms. The predicted molar refractivity (Wildman–Crippen MR) is 119 cm³/mol. The maximum Gasteiger partial charge on any atom is 0.161 e. The average Bonchev–Trinajstić information content (AvgIpc) is 2.70. The van der Waals surface area contributed by atoms with Gasteiger partial charge in [-0.25, -0.2) is 0 Å². The molecule has 28 heavy (non-hydrogen) atoms. The smallest absolute Gasteiger partial charge is 0.161 e. The lowest BCUT2D eigenvalue weighted by Gasteiger charge is -2.12. The number of nitrogens with one attached hydrogen (secondary N) is 1. The van der Waals surface area contributed by atoms with Crippen LogP contribution >= 0.6 is 27.5 Å². The molecule has 0 unspecified atom stereocenters. The van der Waals surface area contributed by atoms with Gasteiger partial charge in [0.1, 0.15) is 6.61 Å². The maximum absolute atomic E-state index is 5.94. The molecule has 0 spiro atoms. The molecule has 1 N–H and O–H groups in total. The van der Waals surface area contributed by atoms with Crippen LogP contribution in [0.1, 0.15) is 18.1 Å². The van der Waals surface area contributed by atoms with Crippen molar-refractivity contribution in [2.45, 2.75) is 13.5 Å². The van der Waals surface area contributed by atoms with Gasteiger partial charge in [-0.05, 0) is 72.6 Å². The van der Waals surface area contributed by atoms with Crippen LogP contribution in [0.15, 0.2) is 76.3 Å². The van der Waals surface area contributed by atoms with Gasteiger partial charge >= 0.3 is 0 Å². The van der Waals surface area contributed by atoms with E-state index in [4.69, 9.17) is 21.1 Å². The molecule has 4 nitrogen and oxygen atoms in total. The second-order valence-electron chi connectivity index (χ2n) is 5.93. The van der Waals surface area contributed by atoms with Crippen LogP contribution in [-0.2, 0) is 6.61 Å². The maximum atomic E-state index is 5.94.